The van der Waals surface area contributed by atoms with E-state index in [9.17, 15) is 10.3 Å². The number of hydrogen-bond acceptors (Lipinski definition) is 4. The first-order valence-corrected chi connectivity index (χ1v) is 6.74. The van der Waals surface area contributed by atoms with Crippen LogP contribution in [-0.4, -0.2) is 12.1 Å². The molecule has 0 unspecified atom stereocenters. The number of aromatic nitrogens is 2. The Balaban J connectivity index is 1.90. The van der Waals surface area contributed by atoms with Crippen LogP contribution in [0.4, 0.5) is 0 Å². The summed E-state index contributed by atoms with van der Waals surface area (Å²) < 4.78 is 3.86. The van der Waals surface area contributed by atoms with Crippen LogP contribution >= 0.6 is 0 Å². The standard InChI is InChI=1S/C16H16N4O2/c17-16(21)15-5-10-19(11-6-15)7-1-2-8-20-9-3-4-14(13-20)12-18-22/h1-6,9-13H,7-8H2,(H-2,17,21,22)/b2-1+,18-12+. The number of rotatable bonds is 6. The van der Waals surface area contributed by atoms with Gasteiger partial charge in [0.2, 0.25) is 0 Å². The van der Waals surface area contributed by atoms with Crippen LogP contribution in [0.25, 0.3) is 0 Å². The van der Waals surface area contributed by atoms with E-state index in [2.05, 4.69) is 5.16 Å². The van der Waals surface area contributed by atoms with Gasteiger partial charge in [0.15, 0.2) is 37.9 Å². The third-order valence-corrected chi connectivity index (χ3v) is 3.04. The van der Waals surface area contributed by atoms with Crippen molar-refractivity contribution in [2.75, 3.05) is 0 Å². The first-order valence-electron chi connectivity index (χ1n) is 6.74. The monoisotopic (exact) mass is 296 g/mol. The van der Waals surface area contributed by atoms with Gasteiger partial charge in [0.1, 0.15) is 0 Å². The van der Waals surface area contributed by atoms with Gasteiger partial charge >= 0.3 is 0 Å². The van der Waals surface area contributed by atoms with Crippen LogP contribution < -0.4 is 14.2 Å². The lowest BCUT2D eigenvalue weighted by Crippen LogP contribution is -2.34. The van der Waals surface area contributed by atoms with Gasteiger partial charge in [0, 0.05) is 24.4 Å². The third-order valence-electron chi connectivity index (χ3n) is 3.04. The second kappa shape index (κ2) is 7.68. The zero-order valence-electron chi connectivity index (χ0n) is 11.9. The first kappa shape index (κ1) is 15.4. The Morgan fingerprint density at radius 3 is 2.41 bits per heavy atom. The zero-order valence-corrected chi connectivity index (χ0v) is 11.9. The summed E-state index contributed by atoms with van der Waals surface area (Å²) >= 11 is 0. The third kappa shape index (κ3) is 4.52. The van der Waals surface area contributed by atoms with E-state index in [1.807, 2.05) is 45.8 Å². The molecular weight excluding hydrogens is 280 g/mol. The molecule has 0 radical (unpaired) electrons. The molecule has 6 heteroatoms. The molecule has 1 N–H and O–H groups in total. The molecule has 112 valence electrons. The normalized spacial score (nSPS) is 11.3. The summed E-state index contributed by atoms with van der Waals surface area (Å²) in [5.41, 5.74) is 1.14. The fraction of sp³-hybridized carbons (Fsp3) is 0.125. The highest BCUT2D eigenvalue weighted by Gasteiger charge is 2.00. The molecule has 0 fully saturated rings. The molecule has 0 aliphatic carbocycles. The predicted octanol–water partition coefficient (Wildman–Crippen LogP) is 0.120. The summed E-state index contributed by atoms with van der Waals surface area (Å²) in [6, 6.07) is 6.93. The van der Waals surface area contributed by atoms with Crippen molar-refractivity contribution in [2.45, 2.75) is 13.1 Å². The van der Waals surface area contributed by atoms with Gasteiger partial charge in [0.05, 0.1) is 5.56 Å². The number of nitrogens with one attached hydrogen (secondary N) is 1. The molecule has 2 heterocycles. The SMILES string of the molecule is N=C([O-])c1cc[n+](C/C=C/C[n+]2cccc(/C=N/[O-])c2)cc1. The molecule has 6 nitrogen and oxygen atoms in total. The minimum atomic E-state index is -0.680. The summed E-state index contributed by atoms with van der Waals surface area (Å²) in [5.74, 6) is -0.680. The second-order valence-corrected chi connectivity index (χ2v) is 4.65. The highest BCUT2D eigenvalue weighted by molar-refractivity contribution is 5.87. The molecule has 0 aliphatic rings. The fourth-order valence-electron chi connectivity index (χ4n) is 1.92. The van der Waals surface area contributed by atoms with Crippen molar-refractivity contribution in [3.63, 3.8) is 0 Å². The van der Waals surface area contributed by atoms with Gasteiger partial charge in [-0.25, -0.2) is 9.13 Å². The lowest BCUT2D eigenvalue weighted by molar-refractivity contribution is -0.691. The van der Waals surface area contributed by atoms with E-state index >= 15 is 0 Å². The molecule has 0 aliphatic heterocycles. The largest absolute Gasteiger partial charge is 0.859 e. The van der Waals surface area contributed by atoms with Crippen LogP contribution in [-0.2, 0) is 13.1 Å². The number of pyridine rings is 2. The van der Waals surface area contributed by atoms with E-state index in [1.165, 1.54) is 6.21 Å². The van der Waals surface area contributed by atoms with Gasteiger partial charge in [-0.1, -0.05) is 0 Å². The van der Waals surface area contributed by atoms with Crippen molar-refractivity contribution < 1.29 is 14.2 Å². The van der Waals surface area contributed by atoms with Crippen molar-refractivity contribution >= 4 is 12.1 Å². The van der Waals surface area contributed by atoms with Crippen LogP contribution in [0.15, 0.2) is 66.4 Å². The van der Waals surface area contributed by atoms with Crippen LogP contribution in [0.5, 0.6) is 0 Å². The molecule has 0 bridgehead atoms. The van der Waals surface area contributed by atoms with Crippen LogP contribution in [0, 0.1) is 10.6 Å². The van der Waals surface area contributed by atoms with Crippen LogP contribution in [0.3, 0.4) is 0 Å². The predicted molar refractivity (Wildman–Crippen MR) is 80.2 cm³/mol. The lowest BCUT2D eigenvalue weighted by Gasteiger charge is -2.04. The van der Waals surface area contributed by atoms with E-state index in [4.69, 9.17) is 5.41 Å². The van der Waals surface area contributed by atoms with Crippen molar-refractivity contribution in [1.82, 2.24) is 0 Å². The average Bonchev–Trinajstić information content (AvgIpc) is 2.53. The van der Waals surface area contributed by atoms with E-state index in [0.29, 0.717) is 18.7 Å². The van der Waals surface area contributed by atoms with Crippen LogP contribution in [0.1, 0.15) is 11.1 Å². The quantitative estimate of drug-likeness (QED) is 0.270. The molecular formula is C16H16N4O2. The lowest BCUT2D eigenvalue weighted by atomic mass is 10.2. The maximum atomic E-state index is 10.9. The van der Waals surface area contributed by atoms with Gasteiger partial charge in [0.25, 0.3) is 0 Å². The zero-order chi connectivity index (χ0) is 15.8. The van der Waals surface area contributed by atoms with E-state index in [0.717, 1.165) is 5.56 Å². The van der Waals surface area contributed by atoms with Crippen LogP contribution in [0.2, 0.25) is 0 Å². The highest BCUT2D eigenvalue weighted by Crippen LogP contribution is 1.92. The maximum Gasteiger partial charge on any atom is 0.177 e. The minimum absolute atomic E-state index is 0.382. The highest BCUT2D eigenvalue weighted by atomic mass is 16.4. The Bertz CT molecular complexity index is 694. The smallest absolute Gasteiger partial charge is 0.177 e. The van der Waals surface area contributed by atoms with Crippen molar-refractivity contribution in [3.05, 3.63) is 77.5 Å². The van der Waals surface area contributed by atoms with Gasteiger partial charge < -0.3 is 20.9 Å². The Morgan fingerprint density at radius 1 is 1.09 bits per heavy atom. The van der Waals surface area contributed by atoms with E-state index in [-0.39, 0.29) is 0 Å². The van der Waals surface area contributed by atoms with Gasteiger partial charge in [-0.3, -0.25) is 0 Å². The second-order valence-electron chi connectivity index (χ2n) is 4.65. The maximum absolute atomic E-state index is 10.9. The number of nitrogens with zero attached hydrogens (tertiary/aromatic N) is 3. The van der Waals surface area contributed by atoms with Crippen molar-refractivity contribution in [3.8, 4) is 0 Å². The summed E-state index contributed by atoms with van der Waals surface area (Å²) in [6.07, 6.45) is 12.6. The summed E-state index contributed by atoms with van der Waals surface area (Å²) in [4.78, 5) is 0. The molecule has 0 spiro atoms. The molecule has 2 aromatic heterocycles. The van der Waals surface area contributed by atoms with Gasteiger partial charge in [-0.2, -0.15) is 0 Å². The Hall–Kier alpha value is -3.02. The molecule has 0 aromatic carbocycles. The molecule has 22 heavy (non-hydrogen) atoms. The van der Waals surface area contributed by atoms with Gasteiger partial charge in [-0.15, -0.1) is 0 Å². The molecule has 2 aromatic rings. The minimum Gasteiger partial charge on any atom is -0.859 e. The topological polar surface area (TPSA) is 90.1 Å². The Kier molecular flexibility index (Phi) is 5.37. The van der Waals surface area contributed by atoms with Crippen molar-refractivity contribution in [2.24, 2.45) is 5.16 Å². The number of hydrogen-bond donors (Lipinski definition) is 1. The average molecular weight is 296 g/mol. The summed E-state index contributed by atoms with van der Waals surface area (Å²) in [6.45, 7) is 1.36. The van der Waals surface area contributed by atoms with E-state index in [1.54, 1.807) is 24.5 Å². The first-order chi connectivity index (χ1) is 10.7. The van der Waals surface area contributed by atoms with Crippen molar-refractivity contribution in [1.29, 1.82) is 5.41 Å². The Labute approximate surface area is 128 Å². The molecule has 0 saturated carbocycles. The Morgan fingerprint density at radius 2 is 1.77 bits per heavy atom. The fourth-order valence-corrected chi connectivity index (χ4v) is 1.92. The molecule has 0 amide bonds. The summed E-state index contributed by atoms with van der Waals surface area (Å²) in [5, 5.41) is 30.8. The van der Waals surface area contributed by atoms with Gasteiger partial charge in [-0.05, 0) is 29.7 Å². The molecule has 2 rings (SSSR count). The molecule has 0 atom stereocenters. The summed E-state index contributed by atoms with van der Waals surface area (Å²) in [7, 11) is 0. The molecule has 0 saturated heterocycles. The van der Waals surface area contributed by atoms with E-state index < -0.39 is 5.90 Å². The number of allylic oxidation sites excluding steroid dienone is 2.